The Labute approximate surface area is 176 Å². The molecule has 0 aliphatic carbocycles. The van der Waals surface area contributed by atoms with Crippen molar-refractivity contribution >= 4 is 11.7 Å². The van der Waals surface area contributed by atoms with E-state index in [-0.39, 0.29) is 19.2 Å². The number of piperazine rings is 1. The van der Waals surface area contributed by atoms with Gasteiger partial charge in [-0.15, -0.1) is 0 Å². The maximum Gasteiger partial charge on any atom is 0.319 e. The molecule has 0 radical (unpaired) electrons. The molecule has 10 heteroatoms. The fraction of sp³-hybridized carbons (Fsp3) is 0.650. The second-order valence-electron chi connectivity index (χ2n) is 7.65. The highest BCUT2D eigenvalue weighted by Gasteiger charge is 2.46. The van der Waals surface area contributed by atoms with Crippen molar-refractivity contribution in [2.45, 2.75) is 24.4 Å². The van der Waals surface area contributed by atoms with E-state index in [0.29, 0.717) is 17.2 Å². The molecule has 2 aliphatic heterocycles. The van der Waals surface area contributed by atoms with Crippen LogP contribution in [0.2, 0.25) is 0 Å². The number of nitrogens with one attached hydrogen (secondary N) is 2. The van der Waals surface area contributed by atoms with Crippen molar-refractivity contribution in [1.29, 1.82) is 0 Å². The Morgan fingerprint density at radius 1 is 1.13 bits per heavy atom. The molecule has 10 nitrogen and oxygen atoms in total. The molecule has 2 fully saturated rings. The van der Waals surface area contributed by atoms with E-state index in [2.05, 4.69) is 27.5 Å². The first kappa shape index (κ1) is 22.6. The van der Waals surface area contributed by atoms with Gasteiger partial charge < -0.3 is 40.0 Å². The smallest absolute Gasteiger partial charge is 0.319 e. The van der Waals surface area contributed by atoms with Crippen LogP contribution in [0.3, 0.4) is 0 Å². The van der Waals surface area contributed by atoms with Crippen molar-refractivity contribution in [3.05, 3.63) is 18.2 Å². The average Bonchev–Trinajstić information content (AvgIpc) is 3.07. The van der Waals surface area contributed by atoms with Crippen molar-refractivity contribution in [2.75, 3.05) is 65.9 Å². The highest BCUT2D eigenvalue weighted by molar-refractivity contribution is 5.89. The summed E-state index contributed by atoms with van der Waals surface area (Å²) in [4.78, 5) is 16.8. The van der Waals surface area contributed by atoms with Crippen molar-refractivity contribution in [1.82, 2.24) is 15.1 Å². The number of methoxy groups -OCH3 is 2. The van der Waals surface area contributed by atoms with Crippen LogP contribution >= 0.6 is 0 Å². The van der Waals surface area contributed by atoms with Crippen LogP contribution in [-0.4, -0.2) is 111 Å². The minimum Gasteiger partial charge on any atom is -0.497 e. The molecule has 0 aromatic heterocycles. The Kier molecular flexibility index (Phi) is 7.73. The molecule has 0 spiro atoms. The van der Waals surface area contributed by atoms with Gasteiger partial charge in [-0.1, -0.05) is 0 Å². The van der Waals surface area contributed by atoms with E-state index in [1.165, 1.54) is 14.2 Å². The van der Waals surface area contributed by atoms with Crippen LogP contribution in [0.15, 0.2) is 18.2 Å². The van der Waals surface area contributed by atoms with Gasteiger partial charge in [0.2, 0.25) is 0 Å². The molecule has 1 aromatic rings. The van der Waals surface area contributed by atoms with E-state index >= 15 is 0 Å². The van der Waals surface area contributed by atoms with E-state index < -0.39 is 24.3 Å². The Hall–Kier alpha value is -2.11. The van der Waals surface area contributed by atoms with E-state index in [9.17, 15) is 15.0 Å². The summed E-state index contributed by atoms with van der Waals surface area (Å²) in [5, 5.41) is 25.8. The summed E-state index contributed by atoms with van der Waals surface area (Å²) >= 11 is 0. The largest absolute Gasteiger partial charge is 0.497 e. The number of aliphatic hydroxyl groups is 2. The highest BCUT2D eigenvalue weighted by Crippen LogP contribution is 2.27. The van der Waals surface area contributed by atoms with E-state index in [1.54, 1.807) is 18.2 Å². The molecule has 2 saturated heterocycles. The molecular formula is C20H32N4O6. The maximum atomic E-state index is 12.4. The fourth-order valence-electron chi connectivity index (χ4n) is 3.96. The third kappa shape index (κ3) is 5.32. The minimum absolute atomic E-state index is 0.206. The molecule has 168 valence electrons. The zero-order valence-corrected chi connectivity index (χ0v) is 17.7. The van der Waals surface area contributed by atoms with Gasteiger partial charge in [-0.25, -0.2) is 4.79 Å². The molecule has 30 heavy (non-hydrogen) atoms. The van der Waals surface area contributed by atoms with Gasteiger partial charge in [0.15, 0.2) is 0 Å². The lowest BCUT2D eigenvalue weighted by atomic mass is 10.0. The van der Waals surface area contributed by atoms with Crippen molar-refractivity contribution < 1.29 is 29.2 Å². The lowest BCUT2D eigenvalue weighted by Gasteiger charge is -2.39. The van der Waals surface area contributed by atoms with E-state index in [4.69, 9.17) is 14.2 Å². The third-order valence-corrected chi connectivity index (χ3v) is 5.67. The first-order valence-electron chi connectivity index (χ1n) is 10.1. The summed E-state index contributed by atoms with van der Waals surface area (Å²) in [6.07, 6.45) is -1.89. The molecule has 0 unspecified atom stereocenters. The quantitative estimate of drug-likeness (QED) is 0.466. The SMILES string of the molecule is COc1cc(NC(=O)NC[C@H]2O[C@@H](CO)[C@@H](O)[C@H]2N2CCN(C)CC2)cc(OC)c1. The molecule has 2 amide bonds. The van der Waals surface area contributed by atoms with Gasteiger partial charge in [0, 0.05) is 56.6 Å². The van der Waals surface area contributed by atoms with Crippen molar-refractivity contribution in [3.8, 4) is 11.5 Å². The van der Waals surface area contributed by atoms with Gasteiger partial charge in [-0.2, -0.15) is 0 Å². The number of benzene rings is 1. The monoisotopic (exact) mass is 424 g/mol. The number of hydrogen-bond donors (Lipinski definition) is 4. The summed E-state index contributed by atoms with van der Waals surface area (Å²) in [5.41, 5.74) is 0.528. The summed E-state index contributed by atoms with van der Waals surface area (Å²) < 4.78 is 16.3. The zero-order valence-electron chi connectivity index (χ0n) is 17.7. The number of ether oxygens (including phenoxy) is 3. The maximum absolute atomic E-state index is 12.4. The van der Waals surface area contributed by atoms with Gasteiger partial charge in [0.05, 0.1) is 33.0 Å². The minimum atomic E-state index is -0.809. The second kappa shape index (κ2) is 10.3. The number of carbonyl (C=O) groups excluding carboxylic acids is 1. The van der Waals surface area contributed by atoms with Gasteiger partial charge in [0.1, 0.15) is 23.7 Å². The summed E-state index contributed by atoms with van der Waals surface area (Å²) in [7, 11) is 5.14. The molecule has 0 bridgehead atoms. The molecule has 4 atom stereocenters. The molecule has 0 saturated carbocycles. The van der Waals surface area contributed by atoms with Crippen LogP contribution in [0.4, 0.5) is 10.5 Å². The number of anilines is 1. The summed E-state index contributed by atoms with van der Waals surface area (Å²) in [6.45, 7) is 3.32. The fourth-order valence-corrected chi connectivity index (χ4v) is 3.96. The van der Waals surface area contributed by atoms with Gasteiger partial charge in [-0.3, -0.25) is 4.90 Å². The Balaban J connectivity index is 1.60. The van der Waals surface area contributed by atoms with E-state index in [0.717, 1.165) is 26.2 Å². The lowest BCUT2D eigenvalue weighted by molar-refractivity contribution is -0.0205. The predicted molar refractivity (Wildman–Crippen MR) is 111 cm³/mol. The summed E-state index contributed by atoms with van der Waals surface area (Å²) in [6, 6.07) is 4.40. The third-order valence-electron chi connectivity index (χ3n) is 5.67. The zero-order chi connectivity index (χ0) is 21.7. The normalized spacial score (nSPS) is 27.6. The predicted octanol–water partition coefficient (Wildman–Crippen LogP) is -0.438. The number of aliphatic hydroxyl groups excluding tert-OH is 2. The topological polar surface area (TPSA) is 116 Å². The second-order valence-corrected chi connectivity index (χ2v) is 7.65. The standard InChI is InChI=1S/C20H32N4O6/c1-23-4-6-24(7-5-23)18-16(30-17(12-25)19(18)26)11-21-20(27)22-13-8-14(28-2)10-15(9-13)29-3/h8-10,16-19,25-26H,4-7,11-12H2,1-3H3,(H2,21,22,27)/t16-,17+,18+,19-/m1/s1. The van der Waals surface area contributed by atoms with Crippen LogP contribution in [0.1, 0.15) is 0 Å². The van der Waals surface area contributed by atoms with Crippen LogP contribution in [0, 0.1) is 0 Å². The van der Waals surface area contributed by atoms with Gasteiger partial charge in [-0.05, 0) is 7.05 Å². The number of carbonyl (C=O) groups is 1. The molecule has 2 aliphatic rings. The van der Waals surface area contributed by atoms with Crippen LogP contribution in [-0.2, 0) is 4.74 Å². The molecule has 1 aromatic carbocycles. The number of urea groups is 1. The molecular weight excluding hydrogens is 392 g/mol. The highest BCUT2D eigenvalue weighted by atomic mass is 16.5. The Morgan fingerprint density at radius 2 is 1.77 bits per heavy atom. The lowest BCUT2D eigenvalue weighted by Crippen LogP contribution is -2.57. The van der Waals surface area contributed by atoms with Crippen LogP contribution < -0.4 is 20.1 Å². The number of hydrogen-bond acceptors (Lipinski definition) is 8. The average molecular weight is 424 g/mol. The number of nitrogens with zero attached hydrogens (tertiary/aromatic N) is 2. The van der Waals surface area contributed by atoms with Crippen molar-refractivity contribution in [2.24, 2.45) is 0 Å². The van der Waals surface area contributed by atoms with Crippen LogP contribution in [0.5, 0.6) is 11.5 Å². The first-order valence-corrected chi connectivity index (χ1v) is 10.1. The van der Waals surface area contributed by atoms with Crippen LogP contribution in [0.25, 0.3) is 0 Å². The Bertz CT molecular complexity index is 690. The van der Waals surface area contributed by atoms with Gasteiger partial charge in [0.25, 0.3) is 0 Å². The number of amides is 2. The van der Waals surface area contributed by atoms with E-state index in [1.807, 2.05) is 0 Å². The summed E-state index contributed by atoms with van der Waals surface area (Å²) in [5.74, 6) is 1.13. The number of likely N-dealkylation sites (N-methyl/N-ethyl adjacent to an activating group) is 1. The first-order chi connectivity index (χ1) is 14.4. The van der Waals surface area contributed by atoms with Gasteiger partial charge >= 0.3 is 6.03 Å². The Morgan fingerprint density at radius 3 is 2.33 bits per heavy atom. The molecule has 3 rings (SSSR count). The van der Waals surface area contributed by atoms with Crippen molar-refractivity contribution in [3.63, 3.8) is 0 Å². The number of rotatable bonds is 7. The molecule has 4 N–H and O–H groups in total. The molecule has 2 heterocycles.